The van der Waals surface area contributed by atoms with E-state index >= 15 is 0 Å². The van der Waals surface area contributed by atoms with Gasteiger partial charge in [-0.05, 0) is 51.1 Å². The van der Waals surface area contributed by atoms with Gasteiger partial charge in [0.1, 0.15) is 0 Å². The summed E-state index contributed by atoms with van der Waals surface area (Å²) in [6.07, 6.45) is 6.32. The van der Waals surface area contributed by atoms with Crippen LogP contribution in [0.25, 0.3) is 0 Å². The van der Waals surface area contributed by atoms with Gasteiger partial charge in [-0.3, -0.25) is 4.79 Å². The second-order valence-corrected chi connectivity index (χ2v) is 6.32. The van der Waals surface area contributed by atoms with Crippen LogP contribution >= 0.6 is 0 Å². The third-order valence-electron chi connectivity index (χ3n) is 3.95. The molecule has 0 spiro atoms. The van der Waals surface area contributed by atoms with Crippen LogP contribution in [0, 0.1) is 0 Å². The number of ether oxygens (including phenoxy) is 1. The van der Waals surface area contributed by atoms with Crippen molar-refractivity contribution in [1.29, 1.82) is 0 Å². The summed E-state index contributed by atoms with van der Waals surface area (Å²) in [6, 6.07) is 7.82. The fourth-order valence-corrected chi connectivity index (χ4v) is 2.86. The average molecular weight is 304 g/mol. The molecular weight excluding hydrogens is 276 g/mol. The zero-order valence-corrected chi connectivity index (χ0v) is 13.8. The highest BCUT2D eigenvalue weighted by atomic mass is 16.5. The van der Waals surface area contributed by atoms with E-state index in [0.717, 1.165) is 30.7 Å². The van der Waals surface area contributed by atoms with E-state index in [4.69, 9.17) is 4.74 Å². The molecule has 0 aromatic heterocycles. The highest BCUT2D eigenvalue weighted by Crippen LogP contribution is 2.20. The molecule has 1 fully saturated rings. The normalized spacial score (nSPS) is 15.4. The fourth-order valence-electron chi connectivity index (χ4n) is 2.86. The standard InChI is InChI=1S/C18H28N2O2/c1-20(2)14-15-7-5-8-16(13-15)18(21)19-11-6-12-22-17-9-3-4-10-17/h5,7-8,13,17H,3-4,6,9-12,14H2,1-2H3,(H,19,21). The van der Waals surface area contributed by atoms with E-state index < -0.39 is 0 Å². The van der Waals surface area contributed by atoms with Crippen molar-refractivity contribution in [2.45, 2.75) is 44.8 Å². The fraction of sp³-hybridized carbons (Fsp3) is 0.611. The number of hydrogen-bond donors (Lipinski definition) is 1. The number of carbonyl (C=O) groups excluding carboxylic acids is 1. The topological polar surface area (TPSA) is 41.6 Å². The maximum absolute atomic E-state index is 12.1. The molecule has 1 amide bonds. The molecule has 0 bridgehead atoms. The molecule has 0 heterocycles. The minimum Gasteiger partial charge on any atom is -0.378 e. The van der Waals surface area contributed by atoms with Crippen LogP contribution in [-0.4, -0.2) is 44.2 Å². The van der Waals surface area contributed by atoms with Crippen LogP contribution < -0.4 is 5.32 Å². The van der Waals surface area contributed by atoms with Crippen molar-refractivity contribution in [3.63, 3.8) is 0 Å². The Morgan fingerprint density at radius 1 is 1.32 bits per heavy atom. The van der Waals surface area contributed by atoms with Gasteiger partial charge in [0.05, 0.1) is 6.10 Å². The molecule has 1 N–H and O–H groups in total. The lowest BCUT2D eigenvalue weighted by Gasteiger charge is -2.12. The van der Waals surface area contributed by atoms with E-state index in [1.165, 1.54) is 25.7 Å². The first-order valence-corrected chi connectivity index (χ1v) is 8.28. The first kappa shape index (κ1) is 17.0. The third kappa shape index (κ3) is 5.78. The Labute approximate surface area is 133 Å². The molecule has 1 saturated carbocycles. The van der Waals surface area contributed by atoms with Gasteiger partial charge >= 0.3 is 0 Å². The minimum atomic E-state index is 0.00136. The van der Waals surface area contributed by atoms with Crippen molar-refractivity contribution in [2.24, 2.45) is 0 Å². The number of nitrogens with one attached hydrogen (secondary N) is 1. The summed E-state index contributed by atoms with van der Waals surface area (Å²) >= 11 is 0. The van der Waals surface area contributed by atoms with Crippen molar-refractivity contribution < 1.29 is 9.53 Å². The molecule has 4 nitrogen and oxygen atoms in total. The summed E-state index contributed by atoms with van der Waals surface area (Å²) in [6.45, 7) is 2.26. The number of carbonyl (C=O) groups is 1. The molecule has 1 aliphatic carbocycles. The average Bonchev–Trinajstić information content (AvgIpc) is 2.99. The highest BCUT2D eigenvalue weighted by Gasteiger charge is 2.14. The van der Waals surface area contributed by atoms with Crippen LogP contribution in [-0.2, 0) is 11.3 Å². The summed E-state index contributed by atoms with van der Waals surface area (Å²) in [5, 5.41) is 2.97. The summed E-state index contributed by atoms with van der Waals surface area (Å²) in [5.41, 5.74) is 1.89. The van der Waals surface area contributed by atoms with Gasteiger partial charge in [-0.15, -0.1) is 0 Å². The largest absolute Gasteiger partial charge is 0.378 e. The second-order valence-electron chi connectivity index (χ2n) is 6.32. The lowest BCUT2D eigenvalue weighted by Crippen LogP contribution is -2.26. The van der Waals surface area contributed by atoms with Crippen molar-refractivity contribution in [1.82, 2.24) is 10.2 Å². The van der Waals surface area contributed by atoms with Gasteiger partial charge < -0.3 is 15.0 Å². The second kappa shape index (κ2) is 8.91. The van der Waals surface area contributed by atoms with Crippen LogP contribution in [0.5, 0.6) is 0 Å². The molecule has 0 atom stereocenters. The van der Waals surface area contributed by atoms with E-state index in [0.29, 0.717) is 12.6 Å². The Bertz CT molecular complexity index is 468. The van der Waals surface area contributed by atoms with Crippen LogP contribution in [0.15, 0.2) is 24.3 Å². The first-order chi connectivity index (χ1) is 10.6. The first-order valence-electron chi connectivity index (χ1n) is 8.28. The molecule has 122 valence electrons. The maximum Gasteiger partial charge on any atom is 0.251 e. The molecule has 1 aromatic rings. The number of amides is 1. The van der Waals surface area contributed by atoms with E-state index in [2.05, 4.69) is 10.2 Å². The molecule has 22 heavy (non-hydrogen) atoms. The molecule has 4 heteroatoms. The Balaban J connectivity index is 1.68. The van der Waals surface area contributed by atoms with Crippen LogP contribution in [0.2, 0.25) is 0 Å². The van der Waals surface area contributed by atoms with E-state index in [-0.39, 0.29) is 5.91 Å². The minimum absolute atomic E-state index is 0.00136. The van der Waals surface area contributed by atoms with E-state index in [9.17, 15) is 4.79 Å². The van der Waals surface area contributed by atoms with Gasteiger partial charge in [0.25, 0.3) is 5.91 Å². The molecule has 0 unspecified atom stereocenters. The summed E-state index contributed by atoms with van der Waals surface area (Å²) in [5.74, 6) is 0.00136. The SMILES string of the molecule is CN(C)Cc1cccc(C(=O)NCCCOC2CCCC2)c1. The monoisotopic (exact) mass is 304 g/mol. The zero-order chi connectivity index (χ0) is 15.8. The predicted octanol–water partition coefficient (Wildman–Crippen LogP) is 2.83. The van der Waals surface area contributed by atoms with Crippen LogP contribution in [0.4, 0.5) is 0 Å². The predicted molar refractivity (Wildman–Crippen MR) is 89.0 cm³/mol. The van der Waals surface area contributed by atoms with Gasteiger partial charge in [0, 0.05) is 25.3 Å². The Hall–Kier alpha value is -1.39. The Kier molecular flexibility index (Phi) is 6.87. The molecule has 2 rings (SSSR count). The molecule has 1 aromatic carbocycles. The molecule has 0 radical (unpaired) electrons. The highest BCUT2D eigenvalue weighted by molar-refractivity contribution is 5.94. The molecule has 0 saturated heterocycles. The van der Waals surface area contributed by atoms with Gasteiger partial charge in [-0.25, -0.2) is 0 Å². The summed E-state index contributed by atoms with van der Waals surface area (Å²) in [7, 11) is 4.05. The number of nitrogens with zero attached hydrogens (tertiary/aromatic N) is 1. The smallest absolute Gasteiger partial charge is 0.251 e. The maximum atomic E-state index is 12.1. The van der Waals surface area contributed by atoms with Gasteiger partial charge in [0.2, 0.25) is 0 Å². The quantitative estimate of drug-likeness (QED) is 0.751. The Morgan fingerprint density at radius 3 is 2.82 bits per heavy atom. The van der Waals surface area contributed by atoms with Gasteiger partial charge in [-0.2, -0.15) is 0 Å². The molecule has 0 aliphatic heterocycles. The number of benzene rings is 1. The number of rotatable bonds is 8. The Morgan fingerprint density at radius 2 is 2.09 bits per heavy atom. The van der Waals surface area contributed by atoms with Crippen molar-refractivity contribution in [2.75, 3.05) is 27.2 Å². The summed E-state index contributed by atoms with van der Waals surface area (Å²) in [4.78, 5) is 14.2. The van der Waals surface area contributed by atoms with Crippen LogP contribution in [0.3, 0.4) is 0 Å². The number of hydrogen-bond acceptors (Lipinski definition) is 3. The van der Waals surface area contributed by atoms with Crippen molar-refractivity contribution in [3.05, 3.63) is 35.4 Å². The van der Waals surface area contributed by atoms with E-state index in [1.807, 2.05) is 38.4 Å². The van der Waals surface area contributed by atoms with Gasteiger partial charge in [-0.1, -0.05) is 25.0 Å². The third-order valence-corrected chi connectivity index (χ3v) is 3.95. The molecule has 1 aliphatic rings. The van der Waals surface area contributed by atoms with E-state index in [1.54, 1.807) is 0 Å². The zero-order valence-electron chi connectivity index (χ0n) is 13.8. The molecular formula is C18H28N2O2. The van der Waals surface area contributed by atoms with Crippen molar-refractivity contribution >= 4 is 5.91 Å². The lowest BCUT2D eigenvalue weighted by atomic mass is 10.1. The summed E-state index contributed by atoms with van der Waals surface area (Å²) < 4.78 is 5.80. The van der Waals surface area contributed by atoms with Crippen LogP contribution in [0.1, 0.15) is 48.0 Å². The van der Waals surface area contributed by atoms with Crippen molar-refractivity contribution in [3.8, 4) is 0 Å². The lowest BCUT2D eigenvalue weighted by molar-refractivity contribution is 0.0565. The van der Waals surface area contributed by atoms with Gasteiger partial charge in [0.15, 0.2) is 0 Å².